The largest absolute Gasteiger partial charge is 0.507 e. The van der Waals surface area contributed by atoms with Crippen molar-refractivity contribution in [3.05, 3.63) is 140 Å². The highest BCUT2D eigenvalue weighted by atomic mass is 35.5. The number of carbonyl (C=O) groups is 9. The van der Waals surface area contributed by atoms with Crippen molar-refractivity contribution in [3.8, 4) is 62.9 Å². The second-order valence-electron chi connectivity index (χ2n) is 36.7. The lowest BCUT2D eigenvalue weighted by Crippen LogP contribution is -2.64. The molecule has 43 heteroatoms. The third-order valence-corrected chi connectivity index (χ3v) is 27.4. The molecule has 0 unspecified atom stereocenters. The molecule has 7 aliphatic heterocycles. The van der Waals surface area contributed by atoms with Crippen molar-refractivity contribution in [2.24, 2.45) is 35.3 Å². The molecule has 730 valence electrons. The third kappa shape index (κ3) is 23.5. The molecule has 7 heterocycles. The van der Waals surface area contributed by atoms with Crippen molar-refractivity contribution in [2.75, 3.05) is 45.4 Å². The fourth-order valence-corrected chi connectivity index (χ4v) is 20.3. The van der Waals surface area contributed by atoms with E-state index in [2.05, 4.69) is 63.2 Å². The van der Waals surface area contributed by atoms with Crippen LogP contribution in [0.5, 0.6) is 51.7 Å². The minimum atomic E-state index is -3.62. The first-order chi connectivity index (χ1) is 64.1. The molecule has 23 N–H and O–H groups in total. The zero-order chi connectivity index (χ0) is 97.1. The summed E-state index contributed by atoms with van der Waals surface area (Å²) in [6.45, 7) is 5.43. The number of benzene rings is 6. The first kappa shape index (κ1) is 100. The Morgan fingerprint density at radius 2 is 1.32 bits per heavy atom. The van der Waals surface area contributed by atoms with E-state index in [1.54, 1.807) is 0 Å². The summed E-state index contributed by atoms with van der Waals surface area (Å²) in [5.41, 5.74) is 3.46. The predicted octanol–water partition coefficient (Wildman–Crippen LogP) is 3.51. The van der Waals surface area contributed by atoms with Gasteiger partial charge in [-0.1, -0.05) is 55.2 Å². The van der Waals surface area contributed by atoms with E-state index < -0.39 is 257 Å². The van der Waals surface area contributed by atoms with E-state index in [-0.39, 0.29) is 117 Å². The summed E-state index contributed by atoms with van der Waals surface area (Å²) >= 11 is 14.5. The number of aliphatic hydroxyl groups is 6. The molecule has 4 saturated carbocycles. The number of phenols is 3. The van der Waals surface area contributed by atoms with E-state index in [0.717, 1.165) is 56.6 Å². The van der Waals surface area contributed by atoms with Crippen molar-refractivity contribution in [1.82, 2.24) is 57.9 Å². The van der Waals surface area contributed by atoms with E-state index in [9.17, 15) is 68.8 Å². The highest BCUT2D eigenvalue weighted by Gasteiger charge is 2.53. The van der Waals surface area contributed by atoms with E-state index in [1.165, 1.54) is 107 Å². The molecule has 2 saturated heterocycles. The lowest BCUT2D eigenvalue weighted by atomic mass is 9.54. The molecule has 0 aromatic heterocycles. The van der Waals surface area contributed by atoms with Crippen LogP contribution in [0.1, 0.15) is 156 Å². The number of halogens is 2. The van der Waals surface area contributed by atoms with Gasteiger partial charge in [0.05, 0.1) is 72.5 Å². The van der Waals surface area contributed by atoms with Gasteiger partial charge in [0.15, 0.2) is 23.9 Å². The number of anilines is 1. The molecule has 135 heavy (non-hydrogen) atoms. The minimum Gasteiger partial charge on any atom is -0.507 e. The van der Waals surface area contributed by atoms with Crippen LogP contribution in [0.25, 0.3) is 11.1 Å². The number of imide groups is 1. The maximum Gasteiger partial charge on any atom is 0.325 e. The molecule has 18 atom stereocenters. The number of hydrogen-bond acceptors (Lipinski definition) is 30. The second kappa shape index (κ2) is 42.4. The number of ether oxygens (including phenoxy) is 7. The Kier molecular flexibility index (Phi) is 31.5. The number of aromatic hydroxyl groups is 3. The summed E-state index contributed by atoms with van der Waals surface area (Å²) in [5.74, 6) is -12.4. The van der Waals surface area contributed by atoms with Crippen LogP contribution in [0, 0.1) is 29.6 Å². The topological polar surface area (TPSA) is 605 Å². The van der Waals surface area contributed by atoms with Crippen LogP contribution < -0.4 is 87.9 Å². The number of likely N-dealkylation sites (N-methyl/N-ethyl adjacent to an activating group) is 1. The molecule has 16 bridgehead atoms. The van der Waals surface area contributed by atoms with Crippen LogP contribution in [-0.2, 0) is 75.6 Å². The quantitative estimate of drug-likeness (QED) is 0.0408. The van der Waals surface area contributed by atoms with Crippen molar-refractivity contribution in [2.45, 2.75) is 227 Å². The van der Waals surface area contributed by atoms with Crippen molar-refractivity contribution < 1.29 is 131 Å². The van der Waals surface area contributed by atoms with Crippen LogP contribution in [0.2, 0.25) is 10.0 Å². The zero-order valence-corrected chi connectivity index (χ0v) is 77.3. The van der Waals surface area contributed by atoms with E-state index in [4.69, 9.17) is 62.1 Å². The Bertz CT molecular complexity index is 5540. The lowest BCUT2D eigenvalue weighted by molar-refractivity contribution is -0.333. The Morgan fingerprint density at radius 3 is 1.93 bits per heavy atom. The Morgan fingerprint density at radius 1 is 0.689 bits per heavy atom. The molecule has 0 spiro atoms. The van der Waals surface area contributed by atoms with Crippen LogP contribution in [0.4, 0.5) is 10.5 Å². The number of rotatable bonds is 23. The number of hydrogen-bond donors (Lipinski definition) is 22. The summed E-state index contributed by atoms with van der Waals surface area (Å²) in [4.78, 5) is 139. The smallest absolute Gasteiger partial charge is 0.325 e. The van der Waals surface area contributed by atoms with Gasteiger partial charge in [-0.25, -0.2) is 17.9 Å². The number of urea groups is 1. The standard InChI is InChI=1S/C92H115Cl2N13O27S/c1-40(2)21-57(96-5)83(118)101-59-34-63(110)45-10-17-66(55(93)31-45)130-68-28-44-27-58(100-85(120)61(102-84(59)119)36-71(113)104-91(125)99-50-12-14-51(128-6)15-13-50)86(121)106-75-47-9-16-62(109)52(30-47)73-53(33-65(112)54(77(73)114)38-97-19-8-20-98-135(7,126)127)76(89(124)105-74-48-23-42-22-43(25-48)26-49(74)24-42)107-87(122)60(103-88(75)123)35-64(111)46-11-18-67(56(94)32-46)131-69(29-44)80(68)134-90-81(79(116)78(115)70(39-108)132-90)133-72-37-92(4,95)82(117)41(3)129-72/h9-18,28-33,40-43,48-49,57-61,63-64,70,72,74-76,78-79,81-82,90,96-98,108-112,114-117H,8,19-27,34-39,95H2,1-7H3,(H,100,120)(H,101,118)(H,102,119)(H,103,123)(H,105,124)(H,106,121)(H,107,122)(H2,99,104,113,125)/t41-,42?,43?,48?,49?,57+,58+,59+,60-,61-,63-,64-,70+,72-,74?,75+,76-,78+,79-,81+,82+,90-,92-/m0/s1. The monoisotopic (exact) mass is 1940 g/mol. The number of fused-ring (bicyclic) bond motifs is 17. The van der Waals surface area contributed by atoms with Gasteiger partial charge in [-0.3, -0.25) is 43.7 Å². The second-order valence-corrected chi connectivity index (χ2v) is 39.4. The molecule has 6 aromatic carbocycles. The van der Waals surface area contributed by atoms with Gasteiger partial charge in [0.2, 0.25) is 69.3 Å². The number of nitrogens with one attached hydrogen (secondary N) is 12. The van der Waals surface area contributed by atoms with Crippen LogP contribution in [0.15, 0.2) is 97.1 Å². The average Bonchev–Trinajstić information content (AvgIpc) is 0.748. The molecule has 4 aliphatic carbocycles. The molecule has 10 amide bonds. The Hall–Kier alpha value is -10.8. The first-order valence-electron chi connectivity index (χ1n) is 44.8. The highest BCUT2D eigenvalue weighted by molar-refractivity contribution is 7.88. The van der Waals surface area contributed by atoms with E-state index >= 15 is 28.8 Å². The summed E-state index contributed by atoms with van der Waals surface area (Å²) in [6, 6.07) is 5.50. The number of phenolic OH excluding ortho intramolecular Hbond substituents is 3. The average molecular weight is 1940 g/mol. The Labute approximate surface area is 787 Å². The Balaban J connectivity index is 0.959. The van der Waals surface area contributed by atoms with Gasteiger partial charge in [0.1, 0.15) is 89.1 Å². The number of nitrogens with two attached hydrogens (primary N) is 1. The lowest BCUT2D eigenvalue weighted by Gasteiger charge is -2.54. The number of sulfonamides is 1. The maximum atomic E-state index is 16.6. The molecule has 6 aromatic rings. The predicted molar refractivity (Wildman–Crippen MR) is 485 cm³/mol. The maximum absolute atomic E-state index is 16.6. The highest BCUT2D eigenvalue weighted by Crippen LogP contribution is 2.55. The third-order valence-electron chi connectivity index (χ3n) is 26.1. The molecular weight excluding hydrogens is 1820 g/mol. The molecule has 6 fully saturated rings. The van der Waals surface area contributed by atoms with Crippen molar-refractivity contribution in [3.63, 3.8) is 0 Å². The summed E-state index contributed by atoms with van der Waals surface area (Å²) in [5, 5.41) is 138. The molecule has 40 nitrogen and oxygen atoms in total. The van der Waals surface area contributed by atoms with Gasteiger partial charge >= 0.3 is 6.03 Å². The fraction of sp³-hybridized carbons (Fsp3) is 0.511. The molecule has 0 radical (unpaired) electrons. The summed E-state index contributed by atoms with van der Waals surface area (Å²) < 4.78 is 70.9. The van der Waals surface area contributed by atoms with Gasteiger partial charge in [-0.15, -0.1) is 0 Å². The van der Waals surface area contributed by atoms with Crippen molar-refractivity contribution >= 4 is 92.2 Å². The summed E-state index contributed by atoms with van der Waals surface area (Å²) in [7, 11) is -0.711. The fourth-order valence-electron chi connectivity index (χ4n) is 19.3. The summed E-state index contributed by atoms with van der Waals surface area (Å²) in [6.07, 6.45) is -14.9. The number of aliphatic hydroxyl groups excluding tert-OH is 6. The first-order valence-corrected chi connectivity index (χ1v) is 47.4. The minimum absolute atomic E-state index is 0.0104. The van der Waals surface area contributed by atoms with E-state index in [0.29, 0.717) is 17.6 Å². The molecule has 11 aliphatic rings. The molecular formula is C92H115Cl2N13O27S. The normalized spacial score (nSPS) is 29.3. The van der Waals surface area contributed by atoms with Crippen molar-refractivity contribution in [1.29, 1.82) is 0 Å². The van der Waals surface area contributed by atoms with Gasteiger partial charge in [-0.2, -0.15) is 0 Å². The van der Waals surface area contributed by atoms with Crippen LogP contribution in [0.3, 0.4) is 0 Å². The number of carbonyl (C=O) groups excluding carboxylic acids is 9. The molecule has 17 rings (SSSR count). The zero-order valence-electron chi connectivity index (χ0n) is 74.9. The van der Waals surface area contributed by atoms with Crippen LogP contribution in [-0.4, -0.2) is 239 Å². The van der Waals surface area contributed by atoms with Gasteiger partial charge in [0.25, 0.3) is 0 Å². The van der Waals surface area contributed by atoms with Gasteiger partial charge < -0.3 is 138 Å². The van der Waals surface area contributed by atoms with Gasteiger partial charge in [-0.05, 0) is 209 Å². The SMILES string of the molecule is CN[C@H](CC(C)C)C(=O)N[C@@H]1C[C@H](O)c2ccc(c(Cl)c2)Oc2cc3cc(c2O[C@@H]2O[C@H](CO)[C@@H](O)[C@H](O)[C@H]2O[C@H]2C[C@](C)(N)[C@H](O)[C@H](C)O2)Oc2ccc(cc2Cl)[C@@H](O)C[C@@H]2NC(=O)[C@H](NC(=O)[C@@H](C3)NC(=O)[C@H](CC(=O)NC(=O)Nc3ccc(OC)cc3)NC1=O)c1ccc(O)c(c1)-c1c(cc(O)c(CNCCCNS(C)(=O)=O)c1O)[C@@H](C(=O)NC1C3CC4CC(C3)CC1C4)NC2=O. The van der Waals surface area contributed by atoms with Gasteiger partial charge in [0, 0.05) is 67.2 Å². The number of amides is 10. The van der Waals surface area contributed by atoms with Crippen LogP contribution >= 0.6 is 23.2 Å². The number of methoxy groups -OCH3 is 1. The van der Waals surface area contributed by atoms with E-state index in [1.807, 2.05) is 13.8 Å².